The first-order valence-corrected chi connectivity index (χ1v) is 10.9. The van der Waals surface area contributed by atoms with Crippen molar-refractivity contribution in [1.82, 2.24) is 0 Å². The van der Waals surface area contributed by atoms with Crippen molar-refractivity contribution in [2.24, 2.45) is 29.6 Å². The first-order valence-electron chi connectivity index (χ1n) is 10.9. The van der Waals surface area contributed by atoms with Gasteiger partial charge in [0.05, 0.1) is 12.2 Å². The second kappa shape index (κ2) is 9.45. The highest BCUT2D eigenvalue weighted by molar-refractivity contribution is 4.87. The van der Waals surface area contributed by atoms with Crippen LogP contribution in [0, 0.1) is 29.6 Å². The Hall–Kier alpha value is -0.330. The van der Waals surface area contributed by atoms with Crippen LogP contribution in [0.1, 0.15) is 84.0 Å². The lowest BCUT2D eigenvalue weighted by Crippen LogP contribution is -2.38. The summed E-state index contributed by atoms with van der Waals surface area (Å²) < 4.78 is 41.3. The fraction of sp³-hybridized carbons (Fsp3) is 1.00. The Morgan fingerprint density at radius 2 is 1.19 bits per heavy atom. The Morgan fingerprint density at radius 3 is 1.63 bits per heavy atom. The zero-order valence-corrected chi connectivity index (χ0v) is 16.4. The summed E-state index contributed by atoms with van der Waals surface area (Å²) in [7, 11) is 0. The molecule has 0 bridgehead atoms. The predicted octanol–water partition coefficient (Wildman–Crippen LogP) is 6.57. The topological polar surface area (TPSA) is 38.7 Å². The number of hydrogen-bond acceptors (Lipinski definition) is 3. The van der Waals surface area contributed by atoms with Crippen LogP contribution in [0.5, 0.6) is 0 Å². The molecule has 0 heterocycles. The van der Waals surface area contributed by atoms with Gasteiger partial charge in [0.2, 0.25) is 0 Å². The summed E-state index contributed by atoms with van der Waals surface area (Å²) in [6, 6.07) is 0. The van der Waals surface area contributed by atoms with Gasteiger partial charge in [-0.05, 0) is 93.8 Å². The van der Waals surface area contributed by atoms with Crippen LogP contribution in [-0.2, 0) is 9.62 Å². The van der Waals surface area contributed by atoms with E-state index in [0.29, 0.717) is 31.6 Å². The second-order valence-corrected chi connectivity index (χ2v) is 9.37. The molecule has 3 aliphatic carbocycles. The number of alkyl halides is 3. The van der Waals surface area contributed by atoms with Crippen molar-refractivity contribution in [1.29, 1.82) is 0 Å². The number of rotatable bonds is 5. The summed E-state index contributed by atoms with van der Waals surface area (Å²) in [6.45, 7) is 2.35. The second-order valence-electron chi connectivity index (χ2n) is 9.37. The van der Waals surface area contributed by atoms with Crippen LogP contribution < -0.4 is 0 Å². The molecule has 0 spiro atoms. The standard InChI is InChI=1S/C21H35F3O3/c1-14-2-4-15(5-3-14)16-6-8-17(9-7-16)20(27-25)18-10-12-19(13-11-18)26-21(22,23)24/h14-20,25H,2-13H2,1H3. The Balaban J connectivity index is 1.44. The minimum atomic E-state index is -4.56. The molecule has 0 radical (unpaired) electrons. The lowest BCUT2D eigenvalue weighted by atomic mass is 9.67. The first kappa shape index (κ1) is 21.4. The van der Waals surface area contributed by atoms with Crippen molar-refractivity contribution in [3.05, 3.63) is 0 Å². The van der Waals surface area contributed by atoms with Crippen LogP contribution in [0.2, 0.25) is 0 Å². The van der Waals surface area contributed by atoms with Crippen molar-refractivity contribution in [2.75, 3.05) is 0 Å². The zero-order valence-electron chi connectivity index (χ0n) is 16.4. The van der Waals surface area contributed by atoms with Crippen LogP contribution in [0.3, 0.4) is 0 Å². The number of halogens is 3. The van der Waals surface area contributed by atoms with E-state index in [1.807, 2.05) is 0 Å². The van der Waals surface area contributed by atoms with E-state index in [9.17, 15) is 18.4 Å². The molecule has 0 aromatic rings. The van der Waals surface area contributed by atoms with E-state index in [1.165, 1.54) is 38.5 Å². The van der Waals surface area contributed by atoms with Crippen molar-refractivity contribution in [3.8, 4) is 0 Å². The highest BCUT2D eigenvalue weighted by Crippen LogP contribution is 2.44. The van der Waals surface area contributed by atoms with E-state index in [1.54, 1.807) is 0 Å². The Morgan fingerprint density at radius 1 is 0.741 bits per heavy atom. The molecule has 1 atom stereocenters. The van der Waals surface area contributed by atoms with Gasteiger partial charge in [0.25, 0.3) is 0 Å². The Labute approximate surface area is 160 Å². The van der Waals surface area contributed by atoms with Gasteiger partial charge in [-0.3, -0.25) is 9.99 Å². The molecule has 6 heteroatoms. The molecule has 158 valence electrons. The third-order valence-corrected chi connectivity index (χ3v) is 7.61. The normalized spacial score (nSPS) is 39.9. The summed E-state index contributed by atoms with van der Waals surface area (Å²) >= 11 is 0. The van der Waals surface area contributed by atoms with E-state index in [4.69, 9.17) is 4.89 Å². The number of hydrogen-bond donors (Lipinski definition) is 1. The van der Waals surface area contributed by atoms with Crippen LogP contribution in [0.15, 0.2) is 0 Å². The Kier molecular flexibility index (Phi) is 7.48. The molecule has 3 saturated carbocycles. The van der Waals surface area contributed by atoms with Crippen LogP contribution in [0.4, 0.5) is 13.2 Å². The zero-order chi connectivity index (χ0) is 19.4. The molecule has 3 rings (SSSR count). The molecule has 0 aliphatic heterocycles. The molecular weight excluding hydrogens is 357 g/mol. The highest BCUT2D eigenvalue weighted by Gasteiger charge is 2.40. The first-order chi connectivity index (χ1) is 12.9. The molecule has 27 heavy (non-hydrogen) atoms. The van der Waals surface area contributed by atoms with Gasteiger partial charge in [-0.15, -0.1) is 13.2 Å². The molecule has 1 N–H and O–H groups in total. The lowest BCUT2D eigenvalue weighted by Gasteiger charge is -2.41. The maximum absolute atomic E-state index is 12.4. The third kappa shape index (κ3) is 6.07. The monoisotopic (exact) mass is 392 g/mol. The fourth-order valence-electron chi connectivity index (χ4n) is 5.98. The SMILES string of the molecule is CC1CCC(C2CCC(C(OO)C3CCC(OC(F)(F)F)CC3)CC2)CC1. The molecule has 0 aromatic carbocycles. The molecule has 0 aromatic heterocycles. The maximum Gasteiger partial charge on any atom is 0.522 e. The molecule has 3 fully saturated rings. The predicted molar refractivity (Wildman–Crippen MR) is 97.0 cm³/mol. The summed E-state index contributed by atoms with van der Waals surface area (Å²) in [5.41, 5.74) is 0. The summed E-state index contributed by atoms with van der Waals surface area (Å²) in [6.07, 6.45) is 6.49. The molecular formula is C21H35F3O3. The smallest absolute Gasteiger partial charge is 0.289 e. The highest BCUT2D eigenvalue weighted by atomic mass is 19.4. The third-order valence-electron chi connectivity index (χ3n) is 7.61. The summed E-state index contributed by atoms with van der Waals surface area (Å²) in [5.74, 6) is 3.02. The van der Waals surface area contributed by atoms with E-state index in [0.717, 1.165) is 30.6 Å². The minimum absolute atomic E-state index is 0.139. The van der Waals surface area contributed by atoms with Crippen molar-refractivity contribution >= 4 is 0 Å². The van der Waals surface area contributed by atoms with Gasteiger partial charge in [0.15, 0.2) is 0 Å². The number of ether oxygens (including phenoxy) is 1. The largest absolute Gasteiger partial charge is 0.522 e. The van der Waals surface area contributed by atoms with E-state index >= 15 is 0 Å². The average molecular weight is 393 g/mol. The maximum atomic E-state index is 12.4. The van der Waals surface area contributed by atoms with Crippen molar-refractivity contribution < 1.29 is 28.1 Å². The van der Waals surface area contributed by atoms with Gasteiger partial charge >= 0.3 is 6.36 Å². The van der Waals surface area contributed by atoms with Gasteiger partial charge in [-0.2, -0.15) is 0 Å². The molecule has 3 aliphatic rings. The van der Waals surface area contributed by atoms with Crippen LogP contribution in [-0.4, -0.2) is 23.8 Å². The van der Waals surface area contributed by atoms with Crippen LogP contribution >= 0.6 is 0 Å². The molecule has 0 amide bonds. The van der Waals surface area contributed by atoms with Crippen molar-refractivity contribution in [2.45, 2.75) is 103 Å². The van der Waals surface area contributed by atoms with Gasteiger partial charge in [-0.1, -0.05) is 19.8 Å². The lowest BCUT2D eigenvalue weighted by molar-refractivity contribution is -0.348. The van der Waals surface area contributed by atoms with Gasteiger partial charge < -0.3 is 0 Å². The fourth-order valence-corrected chi connectivity index (χ4v) is 5.98. The molecule has 1 unspecified atom stereocenters. The van der Waals surface area contributed by atoms with E-state index < -0.39 is 12.5 Å². The van der Waals surface area contributed by atoms with Gasteiger partial charge in [-0.25, -0.2) is 4.89 Å². The average Bonchev–Trinajstić information content (AvgIpc) is 2.64. The summed E-state index contributed by atoms with van der Waals surface area (Å²) in [5, 5.41) is 9.52. The van der Waals surface area contributed by atoms with Crippen molar-refractivity contribution in [3.63, 3.8) is 0 Å². The van der Waals surface area contributed by atoms with E-state index in [2.05, 4.69) is 11.7 Å². The minimum Gasteiger partial charge on any atom is -0.289 e. The van der Waals surface area contributed by atoms with Gasteiger partial charge in [0, 0.05) is 0 Å². The summed E-state index contributed by atoms with van der Waals surface area (Å²) in [4.78, 5) is 4.90. The van der Waals surface area contributed by atoms with E-state index in [-0.39, 0.29) is 12.0 Å². The van der Waals surface area contributed by atoms with Crippen LogP contribution in [0.25, 0.3) is 0 Å². The molecule has 0 saturated heterocycles. The quantitative estimate of drug-likeness (QED) is 0.425. The Bertz CT molecular complexity index is 432. The molecule has 3 nitrogen and oxygen atoms in total. The van der Waals surface area contributed by atoms with Gasteiger partial charge in [0.1, 0.15) is 0 Å².